The molecule has 2 aromatic carbocycles. The summed E-state index contributed by atoms with van der Waals surface area (Å²) in [6.45, 7) is 3.53. The Labute approximate surface area is 126 Å². The molecule has 0 radical (unpaired) electrons. The van der Waals surface area contributed by atoms with Crippen LogP contribution in [-0.4, -0.2) is 24.5 Å². The molecule has 2 fully saturated rings. The Hall–Kier alpha value is -1.38. The van der Waals surface area contributed by atoms with Gasteiger partial charge in [0.05, 0.1) is 0 Å². The van der Waals surface area contributed by atoms with E-state index in [1.54, 1.807) is 0 Å². The summed E-state index contributed by atoms with van der Waals surface area (Å²) in [7, 11) is 0. The minimum absolute atomic E-state index is 0.120. The van der Waals surface area contributed by atoms with Gasteiger partial charge in [0.1, 0.15) is 0 Å². The molecule has 21 heavy (non-hydrogen) atoms. The summed E-state index contributed by atoms with van der Waals surface area (Å²) in [4.78, 5) is 2.60. The molecule has 2 heteroatoms. The second-order valence-corrected chi connectivity index (χ2v) is 6.84. The van der Waals surface area contributed by atoms with Crippen LogP contribution in [0, 0.1) is 11.8 Å². The van der Waals surface area contributed by atoms with Crippen molar-refractivity contribution in [2.45, 2.75) is 25.3 Å². The van der Waals surface area contributed by atoms with E-state index in [1.807, 2.05) is 0 Å². The molecule has 0 aromatic heterocycles. The van der Waals surface area contributed by atoms with Crippen LogP contribution in [0.25, 0.3) is 10.8 Å². The van der Waals surface area contributed by atoms with Crippen LogP contribution in [0.3, 0.4) is 0 Å². The van der Waals surface area contributed by atoms with Gasteiger partial charge >= 0.3 is 0 Å². The first-order valence-corrected chi connectivity index (χ1v) is 8.27. The monoisotopic (exact) mass is 280 g/mol. The Morgan fingerprint density at radius 1 is 1.00 bits per heavy atom. The third-order valence-electron chi connectivity index (χ3n) is 5.48. The molecule has 0 spiro atoms. The number of hydrogen-bond acceptors (Lipinski definition) is 2. The maximum atomic E-state index is 6.55. The molecule has 2 N–H and O–H groups in total. The molecule has 0 bridgehead atoms. The lowest BCUT2D eigenvalue weighted by molar-refractivity contribution is 0.292. The summed E-state index contributed by atoms with van der Waals surface area (Å²) in [6.07, 6.45) is 4.31. The van der Waals surface area contributed by atoms with Crippen LogP contribution in [-0.2, 0) is 0 Å². The number of fused-ring (bicyclic) bond motifs is 2. The lowest BCUT2D eigenvalue weighted by atomic mass is 9.99. The van der Waals surface area contributed by atoms with Crippen molar-refractivity contribution in [2.24, 2.45) is 17.6 Å². The van der Waals surface area contributed by atoms with Gasteiger partial charge in [-0.15, -0.1) is 0 Å². The number of rotatable bonds is 3. The summed E-state index contributed by atoms with van der Waals surface area (Å²) in [5.41, 5.74) is 7.85. The van der Waals surface area contributed by atoms with Gasteiger partial charge in [0.25, 0.3) is 0 Å². The molecule has 1 saturated heterocycles. The Morgan fingerprint density at radius 3 is 2.52 bits per heavy atom. The number of nitrogens with two attached hydrogens (primary N) is 1. The van der Waals surface area contributed by atoms with E-state index in [1.165, 1.54) is 48.7 Å². The Morgan fingerprint density at radius 2 is 1.71 bits per heavy atom. The summed E-state index contributed by atoms with van der Waals surface area (Å²) < 4.78 is 0. The fourth-order valence-electron chi connectivity index (χ4n) is 4.43. The average molecular weight is 280 g/mol. The molecule has 2 aromatic rings. The Balaban J connectivity index is 1.53. The SMILES string of the molecule is NC(CN1CC2CCCC2C1)c1cccc2ccccc12. The molecule has 4 rings (SSSR count). The van der Waals surface area contributed by atoms with E-state index >= 15 is 0 Å². The van der Waals surface area contributed by atoms with Crippen LogP contribution in [0.5, 0.6) is 0 Å². The number of nitrogens with zero attached hydrogens (tertiary/aromatic N) is 1. The van der Waals surface area contributed by atoms with Crippen LogP contribution in [0.2, 0.25) is 0 Å². The van der Waals surface area contributed by atoms with Gasteiger partial charge in [-0.05, 0) is 41.0 Å². The molecule has 1 heterocycles. The summed E-state index contributed by atoms with van der Waals surface area (Å²) in [6, 6.07) is 15.2. The highest BCUT2D eigenvalue weighted by molar-refractivity contribution is 5.86. The van der Waals surface area contributed by atoms with E-state index in [0.29, 0.717) is 0 Å². The molecule has 3 atom stereocenters. The fraction of sp³-hybridized carbons (Fsp3) is 0.474. The smallest absolute Gasteiger partial charge is 0.0430 e. The second kappa shape index (κ2) is 5.43. The van der Waals surface area contributed by atoms with Gasteiger partial charge in [-0.3, -0.25) is 0 Å². The molecular weight excluding hydrogens is 256 g/mol. The number of hydrogen-bond donors (Lipinski definition) is 1. The molecule has 2 nitrogen and oxygen atoms in total. The second-order valence-electron chi connectivity index (χ2n) is 6.84. The molecule has 1 aliphatic heterocycles. The Bertz CT molecular complexity index is 619. The minimum Gasteiger partial charge on any atom is -0.323 e. The first-order chi connectivity index (χ1) is 10.3. The van der Waals surface area contributed by atoms with Gasteiger partial charge in [-0.1, -0.05) is 48.9 Å². The minimum atomic E-state index is 0.120. The topological polar surface area (TPSA) is 29.3 Å². The van der Waals surface area contributed by atoms with E-state index in [-0.39, 0.29) is 6.04 Å². The van der Waals surface area contributed by atoms with Gasteiger partial charge in [0.2, 0.25) is 0 Å². The quantitative estimate of drug-likeness (QED) is 0.931. The largest absolute Gasteiger partial charge is 0.323 e. The maximum Gasteiger partial charge on any atom is 0.0430 e. The van der Waals surface area contributed by atoms with Gasteiger partial charge in [0, 0.05) is 25.7 Å². The van der Waals surface area contributed by atoms with Crippen molar-refractivity contribution in [3.63, 3.8) is 0 Å². The van der Waals surface area contributed by atoms with Crippen LogP contribution < -0.4 is 5.73 Å². The standard InChI is InChI=1S/C19H24N2/c20-19(13-21-11-15-7-3-8-16(15)12-21)18-10-4-6-14-5-1-2-9-17(14)18/h1-2,4-6,9-10,15-16,19H,3,7-8,11-13,20H2. The van der Waals surface area contributed by atoms with Crippen molar-refractivity contribution >= 4 is 10.8 Å². The molecule has 1 saturated carbocycles. The van der Waals surface area contributed by atoms with Crippen molar-refractivity contribution in [3.8, 4) is 0 Å². The van der Waals surface area contributed by atoms with Crippen LogP contribution in [0.4, 0.5) is 0 Å². The van der Waals surface area contributed by atoms with Crippen LogP contribution in [0.1, 0.15) is 30.9 Å². The summed E-state index contributed by atoms with van der Waals surface area (Å²) >= 11 is 0. The molecule has 2 aliphatic rings. The fourth-order valence-corrected chi connectivity index (χ4v) is 4.43. The maximum absolute atomic E-state index is 6.55. The van der Waals surface area contributed by atoms with Crippen LogP contribution >= 0.6 is 0 Å². The van der Waals surface area contributed by atoms with E-state index in [0.717, 1.165) is 18.4 Å². The van der Waals surface area contributed by atoms with E-state index in [2.05, 4.69) is 47.4 Å². The lowest BCUT2D eigenvalue weighted by Crippen LogP contribution is -2.31. The molecule has 3 unspecified atom stereocenters. The normalized spacial score (nSPS) is 27.1. The lowest BCUT2D eigenvalue weighted by Gasteiger charge is -2.22. The van der Waals surface area contributed by atoms with Crippen molar-refractivity contribution in [2.75, 3.05) is 19.6 Å². The van der Waals surface area contributed by atoms with Crippen molar-refractivity contribution < 1.29 is 0 Å². The zero-order valence-corrected chi connectivity index (χ0v) is 12.5. The highest BCUT2D eigenvalue weighted by Crippen LogP contribution is 2.38. The van der Waals surface area contributed by atoms with Gasteiger partial charge in [0.15, 0.2) is 0 Å². The molecular formula is C19H24N2. The number of benzene rings is 2. The third-order valence-corrected chi connectivity index (χ3v) is 5.48. The van der Waals surface area contributed by atoms with Crippen molar-refractivity contribution in [1.82, 2.24) is 4.90 Å². The highest BCUT2D eigenvalue weighted by atomic mass is 15.2. The average Bonchev–Trinajstić information content (AvgIpc) is 3.07. The summed E-state index contributed by atoms with van der Waals surface area (Å²) in [5, 5.41) is 2.61. The molecule has 0 amide bonds. The first kappa shape index (κ1) is 13.3. The van der Waals surface area contributed by atoms with Crippen molar-refractivity contribution in [3.05, 3.63) is 48.0 Å². The van der Waals surface area contributed by atoms with E-state index < -0.39 is 0 Å². The predicted octanol–water partition coefficient (Wildman–Crippen LogP) is 3.57. The first-order valence-electron chi connectivity index (χ1n) is 8.27. The van der Waals surface area contributed by atoms with Gasteiger partial charge < -0.3 is 10.6 Å². The van der Waals surface area contributed by atoms with Gasteiger partial charge in [-0.25, -0.2) is 0 Å². The van der Waals surface area contributed by atoms with E-state index in [4.69, 9.17) is 5.73 Å². The molecule has 1 aliphatic carbocycles. The van der Waals surface area contributed by atoms with E-state index in [9.17, 15) is 0 Å². The predicted molar refractivity (Wildman–Crippen MR) is 88.1 cm³/mol. The van der Waals surface area contributed by atoms with Gasteiger partial charge in [-0.2, -0.15) is 0 Å². The third kappa shape index (κ3) is 2.47. The highest BCUT2D eigenvalue weighted by Gasteiger charge is 2.36. The zero-order chi connectivity index (χ0) is 14.2. The zero-order valence-electron chi connectivity index (χ0n) is 12.5. The summed E-state index contributed by atoms with van der Waals surface area (Å²) in [5.74, 6) is 1.90. The number of likely N-dealkylation sites (tertiary alicyclic amines) is 1. The van der Waals surface area contributed by atoms with Crippen LogP contribution in [0.15, 0.2) is 42.5 Å². The van der Waals surface area contributed by atoms with Crippen molar-refractivity contribution in [1.29, 1.82) is 0 Å². The Kier molecular flexibility index (Phi) is 3.44. The molecule has 110 valence electrons.